The number of hydrogen-bond acceptors (Lipinski definition) is 4. The molecule has 16 heavy (non-hydrogen) atoms. The van der Waals surface area contributed by atoms with Crippen molar-refractivity contribution in [3.05, 3.63) is 24.2 Å². The Labute approximate surface area is 95.2 Å². The molecule has 0 aromatic carbocycles. The third-order valence-electron chi connectivity index (χ3n) is 2.04. The molecule has 1 heterocycles. The van der Waals surface area contributed by atoms with Crippen LogP contribution in [0.1, 0.15) is 5.76 Å². The number of carbonyl (C=O) groups excluding carboxylic acids is 1. The predicted octanol–water partition coefficient (Wildman–Crippen LogP) is 0.174. The van der Waals surface area contributed by atoms with Crippen molar-refractivity contribution in [3.63, 3.8) is 0 Å². The molecule has 0 bridgehead atoms. The van der Waals surface area contributed by atoms with Crippen LogP contribution in [-0.4, -0.2) is 39.3 Å². The van der Waals surface area contributed by atoms with E-state index in [9.17, 15) is 4.79 Å². The summed E-state index contributed by atoms with van der Waals surface area (Å²) >= 11 is 0. The molecule has 0 atom stereocenters. The van der Waals surface area contributed by atoms with Crippen molar-refractivity contribution in [2.75, 3.05) is 33.4 Å². The van der Waals surface area contributed by atoms with E-state index in [1.165, 1.54) is 0 Å². The van der Waals surface area contributed by atoms with Crippen molar-refractivity contribution >= 4 is 5.91 Å². The Bertz CT molecular complexity index is 285. The maximum Gasteiger partial charge on any atom is 0.234 e. The van der Waals surface area contributed by atoms with E-state index >= 15 is 0 Å². The molecule has 0 aliphatic carbocycles. The van der Waals surface area contributed by atoms with Crippen molar-refractivity contribution < 1.29 is 13.9 Å². The minimum Gasteiger partial charge on any atom is -0.469 e. The number of hydrogen-bond donors (Lipinski definition) is 2. The van der Waals surface area contributed by atoms with Gasteiger partial charge in [-0.1, -0.05) is 0 Å². The maximum atomic E-state index is 11.2. The smallest absolute Gasteiger partial charge is 0.234 e. The molecule has 1 aromatic rings. The van der Waals surface area contributed by atoms with Crippen molar-refractivity contribution in [1.82, 2.24) is 10.6 Å². The van der Waals surface area contributed by atoms with E-state index in [1.807, 2.05) is 12.1 Å². The minimum atomic E-state index is -0.0171. The molecule has 0 saturated heterocycles. The second kappa shape index (κ2) is 7.90. The molecule has 0 spiro atoms. The average molecular weight is 226 g/mol. The molecule has 1 amide bonds. The first-order valence-corrected chi connectivity index (χ1v) is 5.31. The fraction of sp³-hybridized carbons (Fsp3) is 0.545. The largest absolute Gasteiger partial charge is 0.469 e. The lowest BCUT2D eigenvalue weighted by molar-refractivity contribution is -0.120. The molecule has 0 aliphatic rings. The summed E-state index contributed by atoms with van der Waals surface area (Å²) in [6.07, 6.45) is 2.44. The highest BCUT2D eigenvalue weighted by atomic mass is 16.5. The van der Waals surface area contributed by atoms with Crippen LogP contribution in [0.2, 0.25) is 0 Å². The van der Waals surface area contributed by atoms with E-state index < -0.39 is 0 Å². The van der Waals surface area contributed by atoms with Gasteiger partial charge in [-0.25, -0.2) is 0 Å². The molecular weight excluding hydrogens is 208 g/mol. The van der Waals surface area contributed by atoms with Gasteiger partial charge >= 0.3 is 0 Å². The van der Waals surface area contributed by atoms with Gasteiger partial charge in [0, 0.05) is 26.6 Å². The molecule has 0 fully saturated rings. The SMILES string of the molecule is COCCNC(=O)CNCCc1ccco1. The van der Waals surface area contributed by atoms with Gasteiger partial charge in [-0.15, -0.1) is 0 Å². The van der Waals surface area contributed by atoms with Gasteiger partial charge in [0.15, 0.2) is 0 Å². The van der Waals surface area contributed by atoms with E-state index in [0.717, 1.165) is 18.7 Å². The predicted molar refractivity (Wildman–Crippen MR) is 60.2 cm³/mol. The number of ether oxygens (including phenoxy) is 1. The second-order valence-corrected chi connectivity index (χ2v) is 3.35. The van der Waals surface area contributed by atoms with Crippen molar-refractivity contribution in [1.29, 1.82) is 0 Å². The maximum absolute atomic E-state index is 11.2. The number of nitrogens with one attached hydrogen (secondary N) is 2. The number of furan rings is 1. The highest BCUT2D eigenvalue weighted by molar-refractivity contribution is 5.77. The fourth-order valence-corrected chi connectivity index (χ4v) is 1.22. The molecule has 2 N–H and O–H groups in total. The van der Waals surface area contributed by atoms with Gasteiger partial charge in [-0.3, -0.25) is 4.79 Å². The van der Waals surface area contributed by atoms with Crippen LogP contribution in [-0.2, 0) is 16.0 Å². The van der Waals surface area contributed by atoms with Crippen LogP contribution in [0.15, 0.2) is 22.8 Å². The number of carbonyl (C=O) groups is 1. The number of methoxy groups -OCH3 is 1. The van der Waals surface area contributed by atoms with Gasteiger partial charge in [-0.2, -0.15) is 0 Å². The normalized spacial score (nSPS) is 10.3. The van der Waals surface area contributed by atoms with Gasteiger partial charge < -0.3 is 19.8 Å². The second-order valence-electron chi connectivity index (χ2n) is 3.35. The highest BCUT2D eigenvalue weighted by Crippen LogP contribution is 1.98. The van der Waals surface area contributed by atoms with Crippen LogP contribution < -0.4 is 10.6 Å². The first kappa shape index (κ1) is 12.7. The lowest BCUT2D eigenvalue weighted by atomic mass is 10.3. The summed E-state index contributed by atoms with van der Waals surface area (Å²) in [5, 5.41) is 5.76. The van der Waals surface area contributed by atoms with E-state index in [1.54, 1.807) is 13.4 Å². The first-order valence-electron chi connectivity index (χ1n) is 5.31. The summed E-state index contributed by atoms with van der Waals surface area (Å²) in [6, 6.07) is 3.77. The van der Waals surface area contributed by atoms with Crippen LogP contribution in [0.25, 0.3) is 0 Å². The zero-order valence-electron chi connectivity index (χ0n) is 9.49. The van der Waals surface area contributed by atoms with Gasteiger partial charge in [0.05, 0.1) is 19.4 Å². The lowest BCUT2D eigenvalue weighted by Crippen LogP contribution is -2.36. The van der Waals surface area contributed by atoms with Crippen LogP contribution in [0.3, 0.4) is 0 Å². The summed E-state index contributed by atoms with van der Waals surface area (Å²) < 4.78 is 9.98. The summed E-state index contributed by atoms with van der Waals surface area (Å²) in [4.78, 5) is 11.2. The molecule has 90 valence electrons. The fourth-order valence-electron chi connectivity index (χ4n) is 1.22. The highest BCUT2D eigenvalue weighted by Gasteiger charge is 2.00. The Morgan fingerprint density at radius 2 is 2.38 bits per heavy atom. The zero-order valence-corrected chi connectivity index (χ0v) is 9.49. The Morgan fingerprint density at radius 3 is 3.06 bits per heavy atom. The molecule has 1 rings (SSSR count). The summed E-state index contributed by atoms with van der Waals surface area (Å²) in [5.41, 5.74) is 0. The van der Waals surface area contributed by atoms with Gasteiger partial charge in [0.1, 0.15) is 5.76 Å². The van der Waals surface area contributed by atoms with Gasteiger partial charge in [0.2, 0.25) is 5.91 Å². The summed E-state index contributed by atoms with van der Waals surface area (Å²) in [7, 11) is 1.60. The standard InChI is InChI=1S/C11H18N2O3/c1-15-8-6-13-11(14)9-12-5-4-10-3-2-7-16-10/h2-3,7,12H,4-6,8-9H2,1H3,(H,13,14). The van der Waals surface area contributed by atoms with Crippen LogP contribution >= 0.6 is 0 Å². The molecule has 0 saturated carbocycles. The Hall–Kier alpha value is -1.33. The molecule has 0 aliphatic heterocycles. The lowest BCUT2D eigenvalue weighted by Gasteiger charge is -2.05. The van der Waals surface area contributed by atoms with Crippen LogP contribution in [0.5, 0.6) is 0 Å². The topological polar surface area (TPSA) is 63.5 Å². The molecule has 5 heteroatoms. The van der Waals surface area contributed by atoms with Crippen LogP contribution in [0.4, 0.5) is 0 Å². The zero-order chi connectivity index (χ0) is 11.6. The summed E-state index contributed by atoms with van der Waals surface area (Å²) in [5.74, 6) is 0.906. The molecule has 0 unspecified atom stereocenters. The van der Waals surface area contributed by atoms with E-state index in [-0.39, 0.29) is 5.91 Å². The molecule has 1 aromatic heterocycles. The molecule has 0 radical (unpaired) electrons. The minimum absolute atomic E-state index is 0.0171. The Kier molecular flexibility index (Phi) is 6.29. The monoisotopic (exact) mass is 226 g/mol. The quantitative estimate of drug-likeness (QED) is 0.620. The average Bonchev–Trinajstić information content (AvgIpc) is 2.78. The summed E-state index contributed by atoms with van der Waals surface area (Å²) in [6.45, 7) is 2.14. The van der Waals surface area contributed by atoms with Crippen molar-refractivity contribution in [2.45, 2.75) is 6.42 Å². The molecule has 5 nitrogen and oxygen atoms in total. The van der Waals surface area contributed by atoms with Gasteiger partial charge in [0.25, 0.3) is 0 Å². The number of rotatable bonds is 8. The first-order chi connectivity index (χ1) is 7.83. The van der Waals surface area contributed by atoms with Crippen LogP contribution in [0, 0.1) is 0 Å². The Morgan fingerprint density at radius 1 is 1.50 bits per heavy atom. The van der Waals surface area contributed by atoms with E-state index in [2.05, 4.69) is 10.6 Å². The Balaban J connectivity index is 1.96. The number of amides is 1. The van der Waals surface area contributed by atoms with E-state index in [4.69, 9.17) is 9.15 Å². The van der Waals surface area contributed by atoms with Crippen molar-refractivity contribution in [3.8, 4) is 0 Å². The third-order valence-corrected chi connectivity index (χ3v) is 2.04. The van der Waals surface area contributed by atoms with Gasteiger partial charge in [-0.05, 0) is 12.1 Å². The molecular formula is C11H18N2O3. The van der Waals surface area contributed by atoms with E-state index in [0.29, 0.717) is 19.7 Å². The third kappa shape index (κ3) is 5.53. The van der Waals surface area contributed by atoms with Crippen molar-refractivity contribution in [2.24, 2.45) is 0 Å².